The van der Waals surface area contributed by atoms with Crippen molar-refractivity contribution in [3.63, 3.8) is 0 Å². The van der Waals surface area contributed by atoms with E-state index in [1.807, 2.05) is 41.8 Å². The predicted molar refractivity (Wildman–Crippen MR) is 115 cm³/mol. The number of thioether (sulfide) groups is 1. The maximum absolute atomic E-state index is 13.0. The first-order chi connectivity index (χ1) is 14.2. The molecule has 148 valence electrons. The first-order valence-corrected chi connectivity index (χ1v) is 11.0. The van der Waals surface area contributed by atoms with E-state index in [1.54, 1.807) is 23.0 Å². The van der Waals surface area contributed by atoms with Gasteiger partial charge in [0.1, 0.15) is 10.5 Å². The molecule has 29 heavy (non-hydrogen) atoms. The molecule has 0 radical (unpaired) electrons. The monoisotopic (exact) mass is 425 g/mol. The van der Waals surface area contributed by atoms with Gasteiger partial charge in [0.2, 0.25) is 5.91 Å². The highest BCUT2D eigenvalue weighted by molar-refractivity contribution is 7.99. The van der Waals surface area contributed by atoms with Crippen molar-refractivity contribution in [3.8, 4) is 0 Å². The Bertz CT molecular complexity index is 1150. The average Bonchev–Trinajstić information content (AvgIpc) is 3.43. The Balaban J connectivity index is 1.49. The highest BCUT2D eigenvalue weighted by Crippen LogP contribution is 2.21. The third-order valence-electron chi connectivity index (χ3n) is 4.37. The van der Waals surface area contributed by atoms with Gasteiger partial charge in [-0.15, -0.1) is 11.3 Å². The summed E-state index contributed by atoms with van der Waals surface area (Å²) in [5.41, 5.74) is 1.77. The molecule has 0 unspecified atom stereocenters. The number of hydrogen-bond acceptors (Lipinski definition) is 6. The summed E-state index contributed by atoms with van der Waals surface area (Å²) in [6, 6.07) is 15.4. The second kappa shape index (κ2) is 9.11. The number of carbonyl (C=O) groups excluding carboxylic acids is 1. The number of aromatic nitrogens is 2. The van der Waals surface area contributed by atoms with Crippen LogP contribution in [0.2, 0.25) is 0 Å². The number of aryl methyl sites for hydroxylation is 1. The van der Waals surface area contributed by atoms with Gasteiger partial charge in [0, 0.05) is 6.54 Å². The molecule has 0 aliphatic carbocycles. The molecule has 0 saturated heterocycles. The van der Waals surface area contributed by atoms with Gasteiger partial charge < -0.3 is 9.73 Å². The van der Waals surface area contributed by atoms with Crippen LogP contribution in [-0.2, 0) is 24.3 Å². The van der Waals surface area contributed by atoms with Crippen LogP contribution in [0.15, 0.2) is 74.5 Å². The lowest BCUT2D eigenvalue weighted by Crippen LogP contribution is -2.26. The van der Waals surface area contributed by atoms with Gasteiger partial charge in [0.25, 0.3) is 5.56 Å². The highest BCUT2D eigenvalue weighted by atomic mass is 32.2. The molecule has 0 saturated carbocycles. The lowest BCUT2D eigenvalue weighted by Gasteiger charge is -2.12. The second-order valence-electron chi connectivity index (χ2n) is 6.37. The summed E-state index contributed by atoms with van der Waals surface area (Å²) in [6.45, 7) is 0.851. The number of furan rings is 1. The van der Waals surface area contributed by atoms with Crippen molar-refractivity contribution in [2.45, 2.75) is 24.7 Å². The molecule has 1 aromatic carbocycles. The van der Waals surface area contributed by atoms with Gasteiger partial charge in [0.05, 0.1) is 24.1 Å². The molecule has 6 nitrogen and oxygen atoms in total. The summed E-state index contributed by atoms with van der Waals surface area (Å²) in [5, 5.41) is 5.24. The summed E-state index contributed by atoms with van der Waals surface area (Å²) < 4.78 is 7.54. The van der Waals surface area contributed by atoms with Crippen molar-refractivity contribution in [2.75, 3.05) is 5.75 Å². The zero-order valence-corrected chi connectivity index (χ0v) is 17.2. The van der Waals surface area contributed by atoms with E-state index >= 15 is 0 Å². The quantitative estimate of drug-likeness (QED) is 0.344. The van der Waals surface area contributed by atoms with E-state index in [0.29, 0.717) is 34.2 Å². The third kappa shape index (κ3) is 4.78. The minimum Gasteiger partial charge on any atom is -0.467 e. The Hall–Kier alpha value is -2.84. The first-order valence-electron chi connectivity index (χ1n) is 9.14. The minimum absolute atomic E-state index is 0.0561. The smallest absolute Gasteiger partial charge is 0.272 e. The molecule has 0 spiro atoms. The van der Waals surface area contributed by atoms with Crippen molar-refractivity contribution in [1.82, 2.24) is 14.9 Å². The zero-order chi connectivity index (χ0) is 20.1. The van der Waals surface area contributed by atoms with Gasteiger partial charge in [-0.1, -0.05) is 42.1 Å². The Labute approximate surface area is 175 Å². The molecule has 1 N–H and O–H groups in total. The Morgan fingerprint density at radius 1 is 1.17 bits per heavy atom. The fraction of sp³-hybridized carbons (Fsp3) is 0.190. The van der Waals surface area contributed by atoms with E-state index in [4.69, 9.17) is 4.42 Å². The highest BCUT2D eigenvalue weighted by Gasteiger charge is 2.14. The summed E-state index contributed by atoms with van der Waals surface area (Å²) in [5.74, 6) is 0.732. The van der Waals surface area contributed by atoms with Gasteiger partial charge in [-0.2, -0.15) is 0 Å². The van der Waals surface area contributed by atoms with Crippen LogP contribution >= 0.6 is 23.1 Å². The SMILES string of the molecule is O=C(CSc1nc2ccsc2c(=O)n1CCc1ccccc1)NCc1ccco1. The first kappa shape index (κ1) is 19.5. The largest absolute Gasteiger partial charge is 0.467 e. The standard InChI is InChI=1S/C21H19N3O3S2/c25-18(22-13-16-7-4-11-27-16)14-29-21-23-17-9-12-28-19(17)20(26)24(21)10-8-15-5-2-1-3-6-15/h1-7,9,11-12H,8,10,13-14H2,(H,22,25). The van der Waals surface area contributed by atoms with Crippen LogP contribution in [-0.4, -0.2) is 21.2 Å². The van der Waals surface area contributed by atoms with Crippen LogP contribution in [0, 0.1) is 0 Å². The van der Waals surface area contributed by atoms with E-state index in [2.05, 4.69) is 10.3 Å². The number of hydrogen-bond donors (Lipinski definition) is 1. The molecule has 0 bridgehead atoms. The molecule has 1 amide bonds. The van der Waals surface area contributed by atoms with E-state index in [0.717, 1.165) is 12.0 Å². The van der Waals surface area contributed by atoms with E-state index in [9.17, 15) is 9.59 Å². The van der Waals surface area contributed by atoms with Gasteiger partial charge in [-0.05, 0) is 35.6 Å². The Kier molecular flexibility index (Phi) is 6.12. The molecule has 0 aliphatic rings. The second-order valence-corrected chi connectivity index (χ2v) is 8.23. The van der Waals surface area contributed by atoms with Crippen molar-refractivity contribution in [2.24, 2.45) is 0 Å². The van der Waals surface area contributed by atoms with Crippen LogP contribution in [0.25, 0.3) is 10.2 Å². The summed E-state index contributed by atoms with van der Waals surface area (Å²) in [4.78, 5) is 29.8. The fourth-order valence-electron chi connectivity index (χ4n) is 2.90. The molecule has 0 aliphatic heterocycles. The van der Waals surface area contributed by atoms with Gasteiger partial charge in [0.15, 0.2) is 5.16 Å². The lowest BCUT2D eigenvalue weighted by atomic mass is 10.1. The third-order valence-corrected chi connectivity index (χ3v) is 6.24. The number of rotatable bonds is 8. The predicted octanol–water partition coefficient (Wildman–Crippen LogP) is 3.70. The van der Waals surface area contributed by atoms with Crippen LogP contribution in [0.1, 0.15) is 11.3 Å². The fourth-order valence-corrected chi connectivity index (χ4v) is 4.53. The number of benzene rings is 1. The summed E-state index contributed by atoms with van der Waals surface area (Å²) in [7, 11) is 0. The van der Waals surface area contributed by atoms with E-state index < -0.39 is 0 Å². The van der Waals surface area contributed by atoms with Crippen molar-refractivity contribution in [1.29, 1.82) is 0 Å². The number of nitrogens with one attached hydrogen (secondary N) is 1. The Morgan fingerprint density at radius 2 is 2.03 bits per heavy atom. The molecule has 4 rings (SSSR count). The molecular weight excluding hydrogens is 406 g/mol. The number of fused-ring (bicyclic) bond motifs is 1. The van der Waals surface area contributed by atoms with Gasteiger partial charge in [-0.3, -0.25) is 14.2 Å². The lowest BCUT2D eigenvalue weighted by molar-refractivity contribution is -0.118. The van der Waals surface area contributed by atoms with Crippen LogP contribution < -0.4 is 10.9 Å². The number of carbonyl (C=O) groups is 1. The normalized spacial score (nSPS) is 11.0. The Morgan fingerprint density at radius 3 is 2.83 bits per heavy atom. The average molecular weight is 426 g/mol. The van der Waals surface area contributed by atoms with Crippen LogP contribution in [0.5, 0.6) is 0 Å². The van der Waals surface area contributed by atoms with Gasteiger partial charge in [-0.25, -0.2) is 4.98 Å². The number of amides is 1. The maximum atomic E-state index is 13.0. The van der Waals surface area contributed by atoms with Gasteiger partial charge >= 0.3 is 0 Å². The van der Waals surface area contributed by atoms with Crippen molar-refractivity contribution < 1.29 is 9.21 Å². The zero-order valence-electron chi connectivity index (χ0n) is 15.5. The topological polar surface area (TPSA) is 77.1 Å². The summed E-state index contributed by atoms with van der Waals surface area (Å²) in [6.07, 6.45) is 2.29. The minimum atomic E-state index is -0.138. The maximum Gasteiger partial charge on any atom is 0.272 e. The van der Waals surface area contributed by atoms with Crippen LogP contribution in [0.3, 0.4) is 0 Å². The molecule has 3 heterocycles. The molecule has 0 fully saturated rings. The molecule has 3 aromatic heterocycles. The van der Waals surface area contributed by atoms with E-state index in [1.165, 1.54) is 23.1 Å². The molecular formula is C21H19N3O3S2. The van der Waals surface area contributed by atoms with Crippen molar-refractivity contribution in [3.05, 3.63) is 81.9 Å². The summed E-state index contributed by atoms with van der Waals surface area (Å²) >= 11 is 2.67. The molecule has 0 atom stereocenters. The van der Waals surface area contributed by atoms with Crippen LogP contribution in [0.4, 0.5) is 0 Å². The van der Waals surface area contributed by atoms with E-state index in [-0.39, 0.29) is 17.2 Å². The molecule has 8 heteroatoms. The van der Waals surface area contributed by atoms with Crippen molar-refractivity contribution >= 4 is 39.2 Å². The number of nitrogens with zero attached hydrogens (tertiary/aromatic N) is 2. The molecule has 4 aromatic rings. The number of thiophene rings is 1.